The van der Waals surface area contributed by atoms with Gasteiger partial charge in [-0.25, -0.2) is 52.7 Å². The number of rotatable bonds is 42. The molecule has 25 nitrogen and oxygen atoms in total. The molecule has 0 aromatic rings. The summed E-state index contributed by atoms with van der Waals surface area (Å²) in [6.07, 6.45) is 9.82. The zero-order valence-corrected chi connectivity index (χ0v) is 43.2. The highest BCUT2D eigenvalue weighted by Crippen LogP contribution is 2.28. The normalized spacial score (nSPS) is 10.6. The molecule has 0 atom stereocenters. The standard InChI is InChI=1S/C28H34O13.C25H32O12/c1-7-21(29)36-15-27(16-37-22(30)8-2,17-38-23(31)9-3)13-35-14-28(18-39-24(32)10-4,19-40-25(33)11-5)20-41-26(34)12-6;1-6-19(27)33-14-24(11-26,15-34-20(28)7-2)12-32-13-25(16-35-21(29)8-3,17-36-22(30)9-4)18-37-23(31)10-5/h7-12H,1-6,13-20H2;6-10,26H,1-5,11-18H2. The van der Waals surface area contributed by atoms with Crippen LogP contribution >= 0.6 is 0 Å². The van der Waals surface area contributed by atoms with Crippen LogP contribution in [-0.2, 0) is 114 Å². The fourth-order valence-corrected chi connectivity index (χ4v) is 5.09. The first-order chi connectivity index (χ1) is 37.0. The second-order valence-corrected chi connectivity index (χ2v) is 16.1. The van der Waals surface area contributed by atoms with Gasteiger partial charge in [0.2, 0.25) is 0 Å². The molecule has 0 radical (unpaired) electrons. The van der Waals surface area contributed by atoms with Crippen molar-refractivity contribution in [2.24, 2.45) is 21.7 Å². The van der Waals surface area contributed by atoms with Gasteiger partial charge in [0.25, 0.3) is 0 Å². The van der Waals surface area contributed by atoms with Crippen molar-refractivity contribution in [2.45, 2.75) is 0 Å². The van der Waals surface area contributed by atoms with Crippen LogP contribution in [0.2, 0.25) is 0 Å². The third-order valence-corrected chi connectivity index (χ3v) is 9.53. The number of hydrogen-bond acceptors (Lipinski definition) is 25. The summed E-state index contributed by atoms with van der Waals surface area (Å²) >= 11 is 0. The first-order valence-electron chi connectivity index (χ1n) is 22.5. The molecule has 0 saturated heterocycles. The predicted molar refractivity (Wildman–Crippen MR) is 271 cm³/mol. The molecule has 0 amide bonds. The molecule has 78 heavy (non-hydrogen) atoms. The van der Waals surface area contributed by atoms with Gasteiger partial charge in [0.15, 0.2) is 0 Å². The summed E-state index contributed by atoms with van der Waals surface area (Å²) in [4.78, 5) is 129. The van der Waals surface area contributed by atoms with Gasteiger partial charge in [-0.1, -0.05) is 72.4 Å². The zero-order chi connectivity index (χ0) is 59.6. The Balaban J connectivity index is 0. The lowest BCUT2D eigenvalue weighted by Gasteiger charge is -2.35. The van der Waals surface area contributed by atoms with Crippen molar-refractivity contribution < 1.29 is 119 Å². The second kappa shape index (κ2) is 39.6. The van der Waals surface area contributed by atoms with Crippen molar-refractivity contribution in [1.29, 1.82) is 0 Å². The molecule has 0 heterocycles. The average Bonchev–Trinajstić information content (AvgIpc) is 3.46. The Morgan fingerprint density at radius 1 is 0.231 bits per heavy atom. The van der Waals surface area contributed by atoms with E-state index < -0.39 is 180 Å². The summed E-state index contributed by atoms with van der Waals surface area (Å²) in [5.41, 5.74) is -5.85. The topological polar surface area (TPSA) is 328 Å². The Hall–Kier alpha value is -8.81. The molecule has 0 rings (SSSR count). The van der Waals surface area contributed by atoms with E-state index >= 15 is 0 Å². The van der Waals surface area contributed by atoms with Gasteiger partial charge in [0.1, 0.15) is 72.7 Å². The number of aliphatic hydroxyl groups is 1. The van der Waals surface area contributed by atoms with Crippen LogP contribution in [0, 0.1) is 21.7 Å². The highest BCUT2D eigenvalue weighted by molar-refractivity contribution is 5.85. The van der Waals surface area contributed by atoms with Crippen LogP contribution in [0.25, 0.3) is 0 Å². The maximum atomic E-state index is 11.8. The molecular weight excluding hydrogens is 1040 g/mol. The minimum Gasteiger partial charge on any atom is -0.462 e. The molecule has 0 aromatic heterocycles. The summed E-state index contributed by atoms with van der Waals surface area (Å²) < 4.78 is 67.8. The van der Waals surface area contributed by atoms with Crippen LogP contribution in [0.5, 0.6) is 0 Å². The third kappa shape index (κ3) is 30.5. The molecule has 0 aliphatic heterocycles. The second-order valence-electron chi connectivity index (χ2n) is 16.1. The largest absolute Gasteiger partial charge is 0.462 e. The predicted octanol–water partition coefficient (Wildman–Crippen LogP) is 1.97. The number of esters is 11. The first kappa shape index (κ1) is 71.3. The summed E-state index contributed by atoms with van der Waals surface area (Å²) in [6, 6.07) is 0. The van der Waals surface area contributed by atoms with E-state index in [0.717, 1.165) is 66.8 Å². The van der Waals surface area contributed by atoms with Gasteiger partial charge in [-0.15, -0.1) is 0 Å². The fraction of sp³-hybridized carbons (Fsp3) is 0.377. The van der Waals surface area contributed by atoms with E-state index in [1.54, 1.807) is 0 Å². The van der Waals surface area contributed by atoms with Crippen LogP contribution in [-0.4, -0.2) is 176 Å². The summed E-state index contributed by atoms with van der Waals surface area (Å²) in [7, 11) is 0. The molecule has 0 aliphatic carbocycles. The molecule has 428 valence electrons. The quantitative estimate of drug-likeness (QED) is 0.0519. The number of carbonyl (C=O) groups is 11. The first-order valence-corrected chi connectivity index (χ1v) is 22.5. The smallest absolute Gasteiger partial charge is 0.330 e. The summed E-state index contributed by atoms with van der Waals surface area (Å²) in [6.45, 7) is 28.9. The Morgan fingerprint density at radius 3 is 0.462 bits per heavy atom. The van der Waals surface area contributed by atoms with Gasteiger partial charge in [0, 0.05) is 66.8 Å². The molecular formula is C53H66O25. The molecule has 25 heteroatoms. The van der Waals surface area contributed by atoms with Gasteiger partial charge >= 0.3 is 65.7 Å². The van der Waals surface area contributed by atoms with Gasteiger partial charge < -0.3 is 66.7 Å². The van der Waals surface area contributed by atoms with Crippen molar-refractivity contribution in [3.63, 3.8) is 0 Å². The Labute approximate surface area is 450 Å². The van der Waals surface area contributed by atoms with Crippen LogP contribution in [0.4, 0.5) is 0 Å². The van der Waals surface area contributed by atoms with E-state index in [9.17, 15) is 57.8 Å². The van der Waals surface area contributed by atoms with E-state index in [1.165, 1.54) is 0 Å². The SMILES string of the molecule is C=CC(=O)OCC(CO)(COCC(COC(=O)C=C)(COC(=O)C=C)COC(=O)C=C)COC(=O)C=C.C=CC(=O)OCC(COCC(COC(=O)C=C)(COC(=O)C=C)COC(=O)C=C)(COC(=O)C=C)COC(=O)C=C. The monoisotopic (exact) mass is 1100 g/mol. The molecule has 0 bridgehead atoms. The summed E-state index contributed by atoms with van der Waals surface area (Å²) in [5, 5.41) is 10.0. The number of hydrogen-bond donors (Lipinski definition) is 1. The van der Waals surface area contributed by atoms with E-state index in [2.05, 4.69) is 72.4 Å². The van der Waals surface area contributed by atoms with Gasteiger partial charge in [-0.2, -0.15) is 0 Å². The van der Waals surface area contributed by atoms with Gasteiger partial charge in [-0.05, 0) is 0 Å². The van der Waals surface area contributed by atoms with E-state index in [1.807, 2.05) is 0 Å². The molecule has 0 unspecified atom stereocenters. The Morgan fingerprint density at radius 2 is 0.346 bits per heavy atom. The fourth-order valence-electron chi connectivity index (χ4n) is 5.09. The van der Waals surface area contributed by atoms with Crippen LogP contribution < -0.4 is 0 Å². The lowest BCUT2D eigenvalue weighted by atomic mass is 9.90. The third-order valence-electron chi connectivity index (χ3n) is 9.53. The van der Waals surface area contributed by atoms with E-state index in [4.69, 9.17) is 61.6 Å². The van der Waals surface area contributed by atoms with Crippen molar-refractivity contribution in [3.8, 4) is 0 Å². The molecule has 0 fully saturated rings. The zero-order valence-electron chi connectivity index (χ0n) is 43.2. The van der Waals surface area contributed by atoms with Crippen LogP contribution in [0.15, 0.2) is 139 Å². The van der Waals surface area contributed by atoms with Gasteiger partial charge in [-0.3, -0.25) is 0 Å². The molecule has 0 aliphatic rings. The van der Waals surface area contributed by atoms with Crippen molar-refractivity contribution in [2.75, 3.05) is 106 Å². The molecule has 1 N–H and O–H groups in total. The van der Waals surface area contributed by atoms with Crippen LogP contribution in [0.1, 0.15) is 0 Å². The highest BCUT2D eigenvalue weighted by Gasteiger charge is 2.42. The lowest BCUT2D eigenvalue weighted by molar-refractivity contribution is -0.172. The van der Waals surface area contributed by atoms with E-state index in [-0.39, 0.29) is 13.2 Å². The number of carbonyl (C=O) groups excluding carboxylic acids is 11. The summed E-state index contributed by atoms with van der Waals surface area (Å²) in [5.74, 6) is -9.05. The maximum Gasteiger partial charge on any atom is 0.330 e. The lowest BCUT2D eigenvalue weighted by Crippen LogP contribution is -2.47. The Kier molecular flexibility index (Phi) is 36.2. The van der Waals surface area contributed by atoms with Crippen LogP contribution in [0.3, 0.4) is 0 Å². The van der Waals surface area contributed by atoms with E-state index in [0.29, 0.717) is 0 Å². The number of ether oxygens (including phenoxy) is 13. The number of aliphatic hydroxyl groups excluding tert-OH is 1. The molecule has 0 saturated carbocycles. The highest BCUT2D eigenvalue weighted by atomic mass is 16.6. The van der Waals surface area contributed by atoms with Crippen molar-refractivity contribution in [3.05, 3.63) is 139 Å². The minimum absolute atomic E-state index is 0.375. The average molecular weight is 1100 g/mol. The van der Waals surface area contributed by atoms with Crippen molar-refractivity contribution >= 4 is 65.7 Å². The molecule has 0 spiro atoms. The minimum atomic E-state index is -1.49. The molecule has 0 aromatic carbocycles. The Bertz CT molecular complexity index is 1920. The maximum absolute atomic E-state index is 11.8. The van der Waals surface area contributed by atoms with Crippen molar-refractivity contribution in [1.82, 2.24) is 0 Å². The van der Waals surface area contributed by atoms with Gasteiger partial charge in [0.05, 0.1) is 54.7 Å².